The molecule has 10 heavy (non-hydrogen) atoms. The zero-order valence-corrected chi connectivity index (χ0v) is 7.33. The third-order valence-electron chi connectivity index (χ3n) is 1.01. The SMILES string of the molecule is [2H]C([2H])([2H])C([2H])([2H])c1cc(Cl)cc(Br)c1. The topological polar surface area (TPSA) is 0 Å². The lowest BCUT2D eigenvalue weighted by molar-refractivity contribution is 1.14. The zero-order chi connectivity index (χ0) is 11.9. The van der Waals surface area contributed by atoms with Crippen molar-refractivity contribution in [1.82, 2.24) is 0 Å². The lowest BCUT2D eigenvalue weighted by Crippen LogP contribution is -1.78. The molecule has 0 aliphatic rings. The molecule has 2 heteroatoms. The molecule has 0 saturated carbocycles. The second-order valence-corrected chi connectivity index (χ2v) is 3.14. The fraction of sp³-hybridized carbons (Fsp3) is 0.250. The van der Waals surface area contributed by atoms with Gasteiger partial charge in [-0.2, -0.15) is 0 Å². The van der Waals surface area contributed by atoms with E-state index in [0.717, 1.165) is 0 Å². The Morgan fingerprint density at radius 2 is 2.50 bits per heavy atom. The van der Waals surface area contributed by atoms with Gasteiger partial charge in [0, 0.05) is 16.3 Å². The van der Waals surface area contributed by atoms with Crippen LogP contribution in [-0.2, 0) is 6.37 Å². The Balaban J connectivity index is 3.27. The fourth-order valence-corrected chi connectivity index (χ4v) is 1.49. The van der Waals surface area contributed by atoms with E-state index in [2.05, 4.69) is 15.9 Å². The number of hydrogen-bond acceptors (Lipinski definition) is 0. The van der Waals surface area contributed by atoms with Crippen LogP contribution in [0.15, 0.2) is 22.7 Å². The van der Waals surface area contributed by atoms with Crippen LogP contribution in [0.5, 0.6) is 0 Å². The van der Waals surface area contributed by atoms with Crippen LogP contribution in [0.2, 0.25) is 5.02 Å². The van der Waals surface area contributed by atoms with Crippen molar-refractivity contribution in [3.05, 3.63) is 33.3 Å². The molecular weight excluding hydrogens is 211 g/mol. The molecule has 0 atom stereocenters. The lowest BCUT2D eigenvalue weighted by atomic mass is 10.2. The van der Waals surface area contributed by atoms with Gasteiger partial charge in [-0.05, 0) is 30.1 Å². The van der Waals surface area contributed by atoms with Gasteiger partial charge in [-0.25, -0.2) is 0 Å². The summed E-state index contributed by atoms with van der Waals surface area (Å²) in [5.41, 5.74) is 0.0434. The molecule has 54 valence electrons. The minimum atomic E-state index is -2.71. The molecule has 0 unspecified atom stereocenters. The molecular formula is C8H8BrCl. The Morgan fingerprint density at radius 3 is 3.10 bits per heavy atom. The van der Waals surface area contributed by atoms with E-state index in [-0.39, 0.29) is 5.56 Å². The first-order chi connectivity index (χ1) is 6.64. The average Bonchev–Trinajstić information content (AvgIpc) is 1.99. The molecule has 0 aromatic heterocycles. The van der Waals surface area contributed by atoms with Crippen molar-refractivity contribution >= 4 is 27.5 Å². The highest BCUT2D eigenvalue weighted by Crippen LogP contribution is 2.19. The summed E-state index contributed by atoms with van der Waals surface area (Å²) in [4.78, 5) is 0. The maximum atomic E-state index is 7.54. The van der Waals surface area contributed by atoms with E-state index in [0.29, 0.717) is 9.50 Å². The molecule has 0 radical (unpaired) electrons. The Hall–Kier alpha value is -0.0100. The fourth-order valence-electron chi connectivity index (χ4n) is 0.626. The highest BCUT2D eigenvalue weighted by molar-refractivity contribution is 9.10. The van der Waals surface area contributed by atoms with Gasteiger partial charge in [0.2, 0.25) is 0 Å². The maximum Gasteiger partial charge on any atom is 0.0419 e. The first-order valence-corrected chi connectivity index (χ1v) is 3.78. The smallest absolute Gasteiger partial charge is 0.0419 e. The van der Waals surface area contributed by atoms with Crippen molar-refractivity contribution in [3.63, 3.8) is 0 Å². The third kappa shape index (κ3) is 1.99. The van der Waals surface area contributed by atoms with E-state index in [1.807, 2.05) is 0 Å². The van der Waals surface area contributed by atoms with Crippen LogP contribution >= 0.6 is 27.5 Å². The first-order valence-electron chi connectivity index (χ1n) is 5.11. The van der Waals surface area contributed by atoms with Gasteiger partial charge in [-0.1, -0.05) is 34.4 Å². The van der Waals surface area contributed by atoms with Crippen LogP contribution in [0.4, 0.5) is 0 Å². The van der Waals surface area contributed by atoms with Crippen molar-refractivity contribution in [2.45, 2.75) is 13.2 Å². The molecule has 0 aliphatic carbocycles. The monoisotopic (exact) mass is 223 g/mol. The van der Waals surface area contributed by atoms with Crippen LogP contribution < -0.4 is 0 Å². The van der Waals surface area contributed by atoms with Gasteiger partial charge in [0.25, 0.3) is 0 Å². The number of rotatable bonds is 1. The normalized spacial score (nSPS) is 20.0. The van der Waals surface area contributed by atoms with Crippen molar-refractivity contribution in [1.29, 1.82) is 0 Å². The lowest BCUT2D eigenvalue weighted by Gasteiger charge is -1.97. The summed E-state index contributed by atoms with van der Waals surface area (Å²) < 4.78 is 37.0. The van der Waals surface area contributed by atoms with Crippen LogP contribution in [0, 0.1) is 0 Å². The first kappa shape index (κ1) is 3.59. The van der Waals surface area contributed by atoms with Crippen LogP contribution in [0.25, 0.3) is 0 Å². The Morgan fingerprint density at radius 1 is 1.70 bits per heavy atom. The van der Waals surface area contributed by atoms with Gasteiger partial charge in [0.05, 0.1) is 0 Å². The predicted octanol–water partition coefficient (Wildman–Crippen LogP) is 3.66. The molecule has 0 spiro atoms. The van der Waals surface area contributed by atoms with E-state index < -0.39 is 13.2 Å². The molecule has 0 amide bonds. The second-order valence-electron chi connectivity index (χ2n) is 1.78. The standard InChI is InChI=1S/C8H8BrCl/c1-2-6-3-7(9)5-8(10)4-6/h3-5H,2H2,1H3/i1D3,2D2. The average molecular weight is 225 g/mol. The van der Waals surface area contributed by atoms with Gasteiger partial charge in [-0.15, -0.1) is 0 Å². The minimum Gasteiger partial charge on any atom is -0.0843 e. The van der Waals surface area contributed by atoms with E-state index >= 15 is 0 Å². The molecule has 1 aromatic rings. The molecule has 0 fully saturated rings. The van der Waals surface area contributed by atoms with Gasteiger partial charge in [0.1, 0.15) is 0 Å². The summed E-state index contributed by atoms with van der Waals surface area (Å²) >= 11 is 8.86. The minimum absolute atomic E-state index is 0.0434. The molecule has 0 heterocycles. The summed E-state index contributed by atoms with van der Waals surface area (Å²) in [6.45, 7) is -2.71. The molecule has 0 nitrogen and oxygen atoms in total. The molecule has 0 bridgehead atoms. The maximum absolute atomic E-state index is 7.54. The number of hydrogen-bond donors (Lipinski definition) is 0. The Labute approximate surface area is 81.4 Å². The van der Waals surface area contributed by atoms with Crippen molar-refractivity contribution < 1.29 is 6.85 Å². The molecule has 0 aliphatic heterocycles. The van der Waals surface area contributed by atoms with Crippen LogP contribution in [0.3, 0.4) is 0 Å². The summed E-state index contributed by atoms with van der Waals surface area (Å²) in [5, 5.41) is 0.299. The number of halogens is 2. The predicted molar refractivity (Wildman–Crippen MR) is 48.5 cm³/mol. The highest BCUT2D eigenvalue weighted by atomic mass is 79.9. The summed E-state index contributed by atoms with van der Waals surface area (Å²) in [7, 11) is 0. The highest BCUT2D eigenvalue weighted by Gasteiger charge is 1.93. The number of aryl methyl sites for hydroxylation is 1. The second kappa shape index (κ2) is 3.40. The van der Waals surface area contributed by atoms with Crippen molar-refractivity contribution in [2.75, 3.05) is 0 Å². The summed E-state index contributed by atoms with van der Waals surface area (Å²) in [6, 6.07) is 4.30. The Bertz CT molecular complexity index is 354. The summed E-state index contributed by atoms with van der Waals surface area (Å²) in [6.07, 6.45) is -2.40. The Kier molecular flexibility index (Phi) is 1.22. The van der Waals surface area contributed by atoms with Gasteiger partial charge in [0.15, 0.2) is 0 Å². The zero-order valence-electron chi connectivity index (χ0n) is 9.99. The molecule has 0 N–H and O–H groups in total. The van der Waals surface area contributed by atoms with E-state index in [4.69, 9.17) is 18.5 Å². The van der Waals surface area contributed by atoms with Crippen molar-refractivity contribution in [2.24, 2.45) is 0 Å². The molecule has 1 rings (SSSR count). The summed E-state index contributed by atoms with van der Waals surface area (Å²) in [5.74, 6) is 0. The van der Waals surface area contributed by atoms with Crippen molar-refractivity contribution in [3.8, 4) is 0 Å². The third-order valence-corrected chi connectivity index (χ3v) is 1.68. The largest absolute Gasteiger partial charge is 0.0843 e. The van der Waals surface area contributed by atoms with Crippen LogP contribution in [-0.4, -0.2) is 0 Å². The molecule has 0 saturated heterocycles. The van der Waals surface area contributed by atoms with Gasteiger partial charge in [-0.3, -0.25) is 0 Å². The van der Waals surface area contributed by atoms with Gasteiger partial charge < -0.3 is 0 Å². The van der Waals surface area contributed by atoms with E-state index in [1.165, 1.54) is 12.1 Å². The van der Waals surface area contributed by atoms with E-state index in [9.17, 15) is 0 Å². The van der Waals surface area contributed by atoms with E-state index in [1.54, 1.807) is 6.07 Å². The number of benzene rings is 1. The van der Waals surface area contributed by atoms with Gasteiger partial charge >= 0.3 is 0 Å². The molecule has 1 aromatic carbocycles. The quantitative estimate of drug-likeness (QED) is 0.683. The van der Waals surface area contributed by atoms with Crippen LogP contribution in [0.1, 0.15) is 19.3 Å².